The van der Waals surface area contributed by atoms with Crippen LogP contribution in [-0.4, -0.2) is 69.6 Å². The second-order valence-electron chi connectivity index (χ2n) is 6.66. The second kappa shape index (κ2) is 7.01. The van der Waals surface area contributed by atoms with Crippen LogP contribution in [0.15, 0.2) is 12.1 Å². The SMILES string of the molecule is Cc1nc2cc(F)cc(C(=O)N3CCN(CC(C)O)CC3)c2nc1C. The second-order valence-corrected chi connectivity index (χ2v) is 6.66. The van der Waals surface area contributed by atoms with Crippen LogP contribution in [0.4, 0.5) is 4.39 Å². The number of β-amino-alcohol motifs (C(OH)–C–C–N with tert-alkyl or cyclic N) is 1. The average Bonchev–Trinajstić information content (AvgIpc) is 2.55. The minimum absolute atomic E-state index is 0.223. The zero-order chi connectivity index (χ0) is 18.1. The van der Waals surface area contributed by atoms with Gasteiger partial charge in [0.2, 0.25) is 0 Å². The van der Waals surface area contributed by atoms with E-state index in [0.717, 1.165) is 11.4 Å². The Morgan fingerprint density at radius 3 is 2.48 bits per heavy atom. The lowest BCUT2D eigenvalue weighted by atomic mass is 10.1. The van der Waals surface area contributed by atoms with Gasteiger partial charge in [0.1, 0.15) is 11.3 Å². The summed E-state index contributed by atoms with van der Waals surface area (Å²) >= 11 is 0. The molecule has 1 aromatic carbocycles. The number of carbonyl (C=O) groups excluding carboxylic acids is 1. The maximum absolute atomic E-state index is 14.0. The zero-order valence-electron chi connectivity index (χ0n) is 14.8. The van der Waals surface area contributed by atoms with Crippen LogP contribution in [-0.2, 0) is 0 Å². The Kier molecular flexibility index (Phi) is 4.96. The molecule has 25 heavy (non-hydrogen) atoms. The number of carbonyl (C=O) groups is 1. The predicted octanol–water partition coefficient (Wildman–Crippen LogP) is 1.52. The first-order valence-electron chi connectivity index (χ1n) is 8.49. The highest BCUT2D eigenvalue weighted by Crippen LogP contribution is 2.21. The van der Waals surface area contributed by atoms with Gasteiger partial charge < -0.3 is 10.0 Å². The van der Waals surface area contributed by atoms with Gasteiger partial charge in [-0.05, 0) is 26.8 Å². The first-order chi connectivity index (χ1) is 11.8. The number of aliphatic hydroxyl groups excluding tert-OH is 1. The maximum Gasteiger partial charge on any atom is 0.256 e. The molecule has 1 aromatic heterocycles. The Morgan fingerprint density at radius 1 is 1.20 bits per heavy atom. The zero-order valence-corrected chi connectivity index (χ0v) is 14.8. The molecule has 1 saturated heterocycles. The van der Waals surface area contributed by atoms with Gasteiger partial charge in [-0.25, -0.2) is 14.4 Å². The summed E-state index contributed by atoms with van der Waals surface area (Å²) in [6.45, 7) is 8.45. The van der Waals surface area contributed by atoms with Crippen molar-refractivity contribution in [3.8, 4) is 0 Å². The van der Waals surface area contributed by atoms with Gasteiger partial charge in [0.15, 0.2) is 0 Å². The summed E-state index contributed by atoms with van der Waals surface area (Å²) in [5, 5.41) is 9.48. The van der Waals surface area contributed by atoms with Gasteiger partial charge in [-0.3, -0.25) is 9.69 Å². The lowest BCUT2D eigenvalue weighted by Crippen LogP contribution is -2.50. The van der Waals surface area contributed by atoms with Crippen molar-refractivity contribution in [2.24, 2.45) is 0 Å². The smallest absolute Gasteiger partial charge is 0.256 e. The Bertz CT molecular complexity index is 801. The number of aromatic nitrogens is 2. The van der Waals surface area contributed by atoms with Crippen LogP contribution in [0.5, 0.6) is 0 Å². The summed E-state index contributed by atoms with van der Waals surface area (Å²) in [6.07, 6.45) is -0.393. The van der Waals surface area contributed by atoms with Crippen molar-refractivity contribution in [2.75, 3.05) is 32.7 Å². The number of hydrogen-bond acceptors (Lipinski definition) is 5. The van der Waals surface area contributed by atoms with Crippen molar-refractivity contribution in [3.05, 3.63) is 34.9 Å². The van der Waals surface area contributed by atoms with E-state index in [2.05, 4.69) is 14.9 Å². The maximum atomic E-state index is 14.0. The average molecular weight is 346 g/mol. The van der Waals surface area contributed by atoms with Gasteiger partial charge >= 0.3 is 0 Å². The molecular weight excluding hydrogens is 323 g/mol. The summed E-state index contributed by atoms with van der Waals surface area (Å²) in [5.74, 6) is -0.708. The molecule has 1 aliphatic heterocycles. The summed E-state index contributed by atoms with van der Waals surface area (Å²) < 4.78 is 14.0. The molecule has 0 spiro atoms. The highest BCUT2D eigenvalue weighted by atomic mass is 19.1. The number of nitrogens with zero attached hydrogens (tertiary/aromatic N) is 4. The number of piperazine rings is 1. The molecule has 7 heteroatoms. The molecule has 1 aliphatic rings. The van der Waals surface area contributed by atoms with Gasteiger partial charge in [-0.1, -0.05) is 0 Å². The standard InChI is InChI=1S/C18H23FN4O2/c1-11(24)10-22-4-6-23(7-5-22)18(25)15-8-14(19)9-16-17(15)21-13(3)12(2)20-16/h8-9,11,24H,4-7,10H2,1-3H3. The molecule has 3 rings (SSSR count). The molecule has 6 nitrogen and oxygen atoms in total. The number of aryl methyl sites for hydroxylation is 2. The summed E-state index contributed by atoms with van der Waals surface area (Å²) in [6, 6.07) is 2.56. The topological polar surface area (TPSA) is 69.6 Å². The van der Waals surface area contributed by atoms with E-state index in [9.17, 15) is 14.3 Å². The van der Waals surface area contributed by atoms with Gasteiger partial charge in [0.05, 0.1) is 28.6 Å². The summed E-state index contributed by atoms with van der Waals surface area (Å²) in [4.78, 5) is 25.6. The number of fused-ring (bicyclic) bond motifs is 1. The fourth-order valence-electron chi connectivity index (χ4n) is 3.14. The van der Waals surface area contributed by atoms with Crippen molar-refractivity contribution in [1.29, 1.82) is 0 Å². The highest BCUT2D eigenvalue weighted by molar-refractivity contribution is 6.04. The fourth-order valence-corrected chi connectivity index (χ4v) is 3.14. The van der Waals surface area contributed by atoms with Crippen molar-refractivity contribution in [3.63, 3.8) is 0 Å². The minimum Gasteiger partial charge on any atom is -0.392 e. The monoisotopic (exact) mass is 346 g/mol. The number of halogens is 1. The number of aliphatic hydroxyl groups is 1. The van der Waals surface area contributed by atoms with Crippen molar-refractivity contribution in [2.45, 2.75) is 26.9 Å². The predicted molar refractivity (Wildman–Crippen MR) is 93.0 cm³/mol. The fraction of sp³-hybridized carbons (Fsp3) is 0.500. The van der Waals surface area contributed by atoms with Gasteiger partial charge in [0, 0.05) is 38.8 Å². The van der Waals surface area contributed by atoms with Crippen molar-refractivity contribution >= 4 is 16.9 Å². The molecule has 134 valence electrons. The van der Waals surface area contributed by atoms with Crippen molar-refractivity contribution < 1.29 is 14.3 Å². The molecule has 0 radical (unpaired) electrons. The van der Waals surface area contributed by atoms with Crippen LogP contribution >= 0.6 is 0 Å². The first kappa shape index (κ1) is 17.7. The molecule has 2 aromatic rings. The molecule has 0 saturated carbocycles. The van der Waals surface area contributed by atoms with Crippen LogP contribution in [0, 0.1) is 19.7 Å². The van der Waals surface area contributed by atoms with E-state index >= 15 is 0 Å². The molecule has 1 atom stereocenters. The molecule has 1 amide bonds. The minimum atomic E-state index is -0.485. The van der Waals surface area contributed by atoms with E-state index in [4.69, 9.17) is 0 Å². The van der Waals surface area contributed by atoms with Gasteiger partial charge in [-0.15, -0.1) is 0 Å². The number of benzene rings is 1. The Labute approximate surface area is 146 Å². The molecule has 0 bridgehead atoms. The van der Waals surface area contributed by atoms with E-state index in [0.29, 0.717) is 43.8 Å². The molecule has 0 aliphatic carbocycles. The molecule has 2 heterocycles. The largest absolute Gasteiger partial charge is 0.392 e. The van der Waals surface area contributed by atoms with Gasteiger partial charge in [-0.2, -0.15) is 0 Å². The third kappa shape index (κ3) is 3.77. The molecular formula is C18H23FN4O2. The summed E-state index contributed by atoms with van der Waals surface area (Å²) in [5.41, 5.74) is 2.56. The van der Waals surface area contributed by atoms with E-state index in [1.165, 1.54) is 12.1 Å². The molecule has 1 fully saturated rings. The first-order valence-corrected chi connectivity index (χ1v) is 8.49. The third-order valence-electron chi connectivity index (χ3n) is 4.56. The normalized spacial score (nSPS) is 17.1. The Hall–Kier alpha value is -2.12. The van der Waals surface area contributed by atoms with E-state index in [1.807, 2.05) is 13.8 Å². The quantitative estimate of drug-likeness (QED) is 0.913. The van der Waals surface area contributed by atoms with E-state index < -0.39 is 11.9 Å². The van der Waals surface area contributed by atoms with Crippen LogP contribution in [0.3, 0.4) is 0 Å². The third-order valence-corrected chi connectivity index (χ3v) is 4.56. The number of hydrogen-bond donors (Lipinski definition) is 1. The van der Waals surface area contributed by atoms with Crippen LogP contribution < -0.4 is 0 Å². The van der Waals surface area contributed by atoms with Crippen LogP contribution in [0.25, 0.3) is 11.0 Å². The van der Waals surface area contributed by atoms with Crippen LogP contribution in [0.2, 0.25) is 0 Å². The van der Waals surface area contributed by atoms with E-state index in [1.54, 1.807) is 11.8 Å². The lowest BCUT2D eigenvalue weighted by molar-refractivity contribution is 0.0555. The highest BCUT2D eigenvalue weighted by Gasteiger charge is 2.25. The Balaban J connectivity index is 1.86. The lowest BCUT2D eigenvalue weighted by Gasteiger charge is -2.35. The summed E-state index contributed by atoms with van der Waals surface area (Å²) in [7, 11) is 0. The molecule has 1 unspecified atom stereocenters. The van der Waals surface area contributed by atoms with Crippen LogP contribution in [0.1, 0.15) is 28.7 Å². The van der Waals surface area contributed by atoms with E-state index in [-0.39, 0.29) is 11.5 Å². The Morgan fingerprint density at radius 2 is 1.84 bits per heavy atom. The van der Waals surface area contributed by atoms with Crippen molar-refractivity contribution in [1.82, 2.24) is 19.8 Å². The molecule has 1 N–H and O–H groups in total. The number of amides is 1. The number of rotatable bonds is 3. The van der Waals surface area contributed by atoms with Gasteiger partial charge in [0.25, 0.3) is 5.91 Å².